The van der Waals surface area contributed by atoms with Gasteiger partial charge < -0.3 is 0 Å². The van der Waals surface area contributed by atoms with Gasteiger partial charge in [0.15, 0.2) is 5.69 Å². The third-order valence-corrected chi connectivity index (χ3v) is 3.86. The molecule has 0 saturated heterocycles. The molecule has 0 atom stereocenters. The molecule has 7 nitrogen and oxygen atoms in total. The number of nitrogens with one attached hydrogen (secondary N) is 1. The number of hydrogen-bond acceptors (Lipinski definition) is 4. The SMILES string of the molecule is Cn1nc(C(=O)Nc2ncn(Cc3ccc(F)cc3Cl)n2)cc1C(F)(F)F. The van der Waals surface area contributed by atoms with Crippen molar-refractivity contribution in [2.45, 2.75) is 12.7 Å². The van der Waals surface area contributed by atoms with Crippen LogP contribution < -0.4 is 5.32 Å². The maximum Gasteiger partial charge on any atom is 0.433 e. The molecule has 0 aliphatic carbocycles. The van der Waals surface area contributed by atoms with Crippen LogP contribution in [0.3, 0.4) is 0 Å². The van der Waals surface area contributed by atoms with E-state index in [1.165, 1.54) is 23.1 Å². The van der Waals surface area contributed by atoms with E-state index < -0.39 is 29.3 Å². The first-order valence-corrected chi connectivity index (χ1v) is 7.77. The van der Waals surface area contributed by atoms with Crippen LogP contribution in [-0.4, -0.2) is 30.5 Å². The normalized spacial score (nSPS) is 11.6. The van der Waals surface area contributed by atoms with Crippen LogP contribution in [0.5, 0.6) is 0 Å². The number of halogens is 5. The molecule has 2 heterocycles. The van der Waals surface area contributed by atoms with Crippen LogP contribution in [0.15, 0.2) is 30.6 Å². The summed E-state index contributed by atoms with van der Waals surface area (Å²) >= 11 is 5.93. The summed E-state index contributed by atoms with van der Waals surface area (Å²) in [6.07, 6.45) is -3.34. The van der Waals surface area contributed by atoms with Crippen LogP contribution in [0.1, 0.15) is 21.7 Å². The molecule has 0 radical (unpaired) electrons. The summed E-state index contributed by atoms with van der Waals surface area (Å²) in [5.74, 6) is -1.50. The highest BCUT2D eigenvalue weighted by Crippen LogP contribution is 2.29. The molecule has 1 N–H and O–H groups in total. The summed E-state index contributed by atoms with van der Waals surface area (Å²) in [5.41, 5.74) is -0.916. The van der Waals surface area contributed by atoms with E-state index in [4.69, 9.17) is 11.6 Å². The first kappa shape index (κ1) is 18.8. The molecule has 3 rings (SSSR count). The molecule has 3 aromatic rings. The van der Waals surface area contributed by atoms with E-state index in [-0.39, 0.29) is 17.5 Å². The van der Waals surface area contributed by atoms with Crippen molar-refractivity contribution in [3.05, 3.63) is 58.4 Å². The van der Waals surface area contributed by atoms with Crippen LogP contribution in [0, 0.1) is 5.82 Å². The number of rotatable bonds is 4. The Labute approximate surface area is 154 Å². The highest BCUT2D eigenvalue weighted by Gasteiger charge is 2.35. The zero-order valence-corrected chi connectivity index (χ0v) is 14.4. The quantitative estimate of drug-likeness (QED) is 0.680. The van der Waals surface area contributed by atoms with Gasteiger partial charge in [0.2, 0.25) is 5.95 Å². The van der Waals surface area contributed by atoms with Crippen LogP contribution in [0.2, 0.25) is 5.02 Å². The predicted octanol–water partition coefficient (Wildman–Crippen LogP) is 3.12. The van der Waals surface area contributed by atoms with Crippen molar-refractivity contribution in [1.29, 1.82) is 0 Å². The fourth-order valence-electron chi connectivity index (χ4n) is 2.26. The highest BCUT2D eigenvalue weighted by molar-refractivity contribution is 6.31. The van der Waals surface area contributed by atoms with Gasteiger partial charge in [-0.1, -0.05) is 17.7 Å². The summed E-state index contributed by atoms with van der Waals surface area (Å²) in [4.78, 5) is 15.9. The molecule has 0 aliphatic rings. The minimum Gasteiger partial charge on any atom is -0.288 e. The molecular formula is C15H11ClF4N6O. The molecule has 0 unspecified atom stereocenters. The Balaban J connectivity index is 1.71. The number of hydrogen-bond donors (Lipinski definition) is 1. The van der Waals surface area contributed by atoms with E-state index >= 15 is 0 Å². The summed E-state index contributed by atoms with van der Waals surface area (Å²) < 4.78 is 53.2. The lowest BCUT2D eigenvalue weighted by Crippen LogP contribution is -2.14. The second kappa shape index (κ2) is 6.99. The number of benzene rings is 1. The van der Waals surface area contributed by atoms with Gasteiger partial charge in [-0.2, -0.15) is 18.3 Å². The van der Waals surface area contributed by atoms with Gasteiger partial charge in [0.1, 0.15) is 17.8 Å². The molecule has 0 fully saturated rings. The van der Waals surface area contributed by atoms with Crippen molar-refractivity contribution >= 4 is 23.5 Å². The van der Waals surface area contributed by atoms with Crippen molar-refractivity contribution in [1.82, 2.24) is 24.5 Å². The number of amides is 1. The summed E-state index contributed by atoms with van der Waals surface area (Å²) in [6, 6.07) is 4.49. The number of alkyl halides is 3. The fourth-order valence-corrected chi connectivity index (χ4v) is 2.49. The maximum atomic E-state index is 13.1. The summed E-state index contributed by atoms with van der Waals surface area (Å²) in [6.45, 7) is 0.157. The fraction of sp³-hybridized carbons (Fsp3) is 0.200. The van der Waals surface area contributed by atoms with Gasteiger partial charge >= 0.3 is 6.18 Å². The molecular weight excluding hydrogens is 392 g/mol. The molecule has 142 valence electrons. The van der Waals surface area contributed by atoms with Gasteiger partial charge in [0.05, 0.1) is 6.54 Å². The van der Waals surface area contributed by atoms with Gasteiger partial charge in [0.25, 0.3) is 5.91 Å². The minimum absolute atomic E-state index is 0.127. The average molecular weight is 403 g/mol. The molecule has 2 aromatic heterocycles. The Morgan fingerprint density at radius 3 is 2.63 bits per heavy atom. The number of anilines is 1. The first-order valence-electron chi connectivity index (χ1n) is 7.39. The minimum atomic E-state index is -4.63. The van der Waals surface area contributed by atoms with Crippen molar-refractivity contribution in [2.75, 3.05) is 5.32 Å². The first-order chi connectivity index (χ1) is 12.6. The standard InChI is InChI=1S/C15H11ClF4N6O/c1-25-12(15(18,19)20)5-11(23-25)13(27)22-14-21-7-26(24-14)6-8-2-3-9(17)4-10(8)16/h2-5,7H,6H2,1H3,(H,22,24,27). The molecule has 0 spiro atoms. The van der Waals surface area contributed by atoms with Gasteiger partial charge in [-0.3, -0.25) is 14.8 Å². The van der Waals surface area contributed by atoms with Gasteiger partial charge in [-0.05, 0) is 17.7 Å². The summed E-state index contributed by atoms with van der Waals surface area (Å²) in [5, 5.41) is 9.97. The van der Waals surface area contributed by atoms with Crippen LogP contribution >= 0.6 is 11.6 Å². The molecule has 0 bridgehead atoms. The van der Waals surface area contributed by atoms with E-state index in [9.17, 15) is 22.4 Å². The lowest BCUT2D eigenvalue weighted by atomic mass is 10.2. The smallest absolute Gasteiger partial charge is 0.288 e. The Kier molecular flexibility index (Phi) is 4.87. The van der Waals surface area contributed by atoms with E-state index in [1.807, 2.05) is 0 Å². The Bertz CT molecular complexity index is 997. The zero-order chi connectivity index (χ0) is 19.8. The molecule has 0 saturated carbocycles. The average Bonchev–Trinajstić information content (AvgIpc) is 3.16. The summed E-state index contributed by atoms with van der Waals surface area (Å²) in [7, 11) is 1.08. The Morgan fingerprint density at radius 1 is 1.26 bits per heavy atom. The zero-order valence-electron chi connectivity index (χ0n) is 13.6. The maximum absolute atomic E-state index is 13.1. The van der Waals surface area contributed by atoms with Crippen molar-refractivity contribution in [3.63, 3.8) is 0 Å². The van der Waals surface area contributed by atoms with E-state index in [0.29, 0.717) is 16.3 Å². The third-order valence-electron chi connectivity index (χ3n) is 3.51. The van der Waals surface area contributed by atoms with Gasteiger partial charge in [0, 0.05) is 18.1 Å². The van der Waals surface area contributed by atoms with Gasteiger partial charge in [-0.25, -0.2) is 14.1 Å². The van der Waals surface area contributed by atoms with Crippen LogP contribution in [-0.2, 0) is 19.8 Å². The number of nitrogens with zero attached hydrogens (tertiary/aromatic N) is 5. The topological polar surface area (TPSA) is 77.6 Å². The lowest BCUT2D eigenvalue weighted by Gasteiger charge is -2.04. The molecule has 0 aliphatic heterocycles. The number of carbonyl (C=O) groups is 1. The molecule has 1 aromatic carbocycles. The predicted molar refractivity (Wildman–Crippen MR) is 86.7 cm³/mol. The van der Waals surface area contributed by atoms with Crippen molar-refractivity contribution < 1.29 is 22.4 Å². The molecule has 12 heteroatoms. The number of aryl methyl sites for hydroxylation is 1. The lowest BCUT2D eigenvalue weighted by molar-refractivity contribution is -0.143. The largest absolute Gasteiger partial charge is 0.433 e. The number of carbonyl (C=O) groups excluding carboxylic acids is 1. The Morgan fingerprint density at radius 2 is 2.00 bits per heavy atom. The molecule has 1 amide bonds. The molecule has 27 heavy (non-hydrogen) atoms. The van der Waals surface area contributed by atoms with E-state index in [0.717, 1.165) is 13.1 Å². The highest BCUT2D eigenvalue weighted by atomic mass is 35.5. The van der Waals surface area contributed by atoms with E-state index in [2.05, 4.69) is 20.5 Å². The van der Waals surface area contributed by atoms with Crippen LogP contribution in [0.4, 0.5) is 23.5 Å². The van der Waals surface area contributed by atoms with Gasteiger partial charge in [-0.15, -0.1) is 5.10 Å². The third kappa shape index (κ3) is 4.25. The Hall–Kier alpha value is -2.95. The van der Waals surface area contributed by atoms with Crippen LogP contribution in [0.25, 0.3) is 0 Å². The van der Waals surface area contributed by atoms with E-state index in [1.54, 1.807) is 0 Å². The van der Waals surface area contributed by atoms with Crippen molar-refractivity contribution in [2.24, 2.45) is 7.05 Å². The number of aromatic nitrogens is 5. The van der Waals surface area contributed by atoms with Crippen molar-refractivity contribution in [3.8, 4) is 0 Å². The second-order valence-electron chi connectivity index (χ2n) is 5.49. The monoisotopic (exact) mass is 402 g/mol. The second-order valence-corrected chi connectivity index (χ2v) is 5.90.